The third-order valence-corrected chi connectivity index (χ3v) is 6.80. The molecule has 0 bridgehead atoms. The van der Waals surface area contributed by atoms with Crippen molar-refractivity contribution in [2.45, 2.75) is 30.8 Å². The first-order valence-corrected chi connectivity index (χ1v) is 12.1. The van der Waals surface area contributed by atoms with E-state index >= 15 is 0 Å². The first-order valence-electron chi connectivity index (χ1n) is 10.9. The van der Waals surface area contributed by atoms with E-state index in [1.165, 1.54) is 12.1 Å². The zero-order valence-electron chi connectivity index (χ0n) is 18.8. The van der Waals surface area contributed by atoms with Crippen molar-refractivity contribution in [1.82, 2.24) is 0 Å². The summed E-state index contributed by atoms with van der Waals surface area (Å²) in [6.45, 7) is 1.93. The highest BCUT2D eigenvalue weighted by molar-refractivity contribution is 7.98. The first-order chi connectivity index (χ1) is 16.3. The number of rotatable bonds is 7. The zero-order chi connectivity index (χ0) is 24.4. The summed E-state index contributed by atoms with van der Waals surface area (Å²) in [7, 11) is 0. The van der Waals surface area contributed by atoms with Crippen LogP contribution in [-0.2, 0) is 6.42 Å². The molecule has 0 fully saturated rings. The lowest BCUT2D eigenvalue weighted by Gasteiger charge is -2.16. The average Bonchev–Trinajstić information content (AvgIpc) is 2.86. The van der Waals surface area contributed by atoms with Gasteiger partial charge in [-0.05, 0) is 81.1 Å². The zero-order valence-corrected chi connectivity index (χ0v) is 19.6. The largest absolute Gasteiger partial charge is 0.478 e. The number of aliphatic hydroxyl groups is 1. The van der Waals surface area contributed by atoms with Crippen molar-refractivity contribution in [2.75, 3.05) is 6.26 Å². The van der Waals surface area contributed by atoms with E-state index in [0.717, 1.165) is 32.4 Å². The van der Waals surface area contributed by atoms with E-state index < -0.39 is 18.5 Å². The van der Waals surface area contributed by atoms with E-state index in [0.29, 0.717) is 17.5 Å². The summed E-state index contributed by atoms with van der Waals surface area (Å²) in [5.41, 5.74) is 4.50. The Labute approximate surface area is 201 Å². The molecule has 4 rings (SSSR count). The molecule has 0 unspecified atom stereocenters. The Morgan fingerprint density at radius 3 is 2.06 bits per heavy atom. The van der Waals surface area contributed by atoms with Crippen molar-refractivity contribution in [3.05, 3.63) is 89.5 Å². The normalized spacial score (nSPS) is 12.3. The topological polar surface area (TPSA) is 57.5 Å². The smallest absolute Gasteiger partial charge is 0.336 e. The summed E-state index contributed by atoms with van der Waals surface area (Å²) >= 11 is 1.67. The van der Waals surface area contributed by atoms with Gasteiger partial charge in [-0.3, -0.25) is 0 Å². The van der Waals surface area contributed by atoms with Gasteiger partial charge in [-0.15, -0.1) is 11.8 Å². The number of thioether (sulfide) groups is 1. The van der Waals surface area contributed by atoms with E-state index in [9.17, 15) is 23.8 Å². The maximum absolute atomic E-state index is 12.9. The standard InChI is InChI=1S/C28H24F2O3S/c1-3-21-24-14-19(16-8-11-20(34-2)12-9-16)10-13-22(24)23(15-25(21)28(32)33)17-4-6-18(7-5-17)26(31)27(29)30/h4-15,26-27,31H,3H2,1-2H3,(H,32,33)/t26-/m1/s1. The molecule has 6 heteroatoms. The van der Waals surface area contributed by atoms with E-state index in [1.807, 2.05) is 43.5 Å². The average molecular weight is 479 g/mol. The van der Waals surface area contributed by atoms with Crippen LogP contribution in [0.3, 0.4) is 0 Å². The maximum atomic E-state index is 12.9. The fourth-order valence-electron chi connectivity index (χ4n) is 4.26. The fourth-order valence-corrected chi connectivity index (χ4v) is 4.67. The van der Waals surface area contributed by atoms with Crippen LogP contribution >= 0.6 is 11.8 Å². The van der Waals surface area contributed by atoms with Crippen molar-refractivity contribution in [3.8, 4) is 22.3 Å². The second kappa shape index (κ2) is 9.95. The molecule has 0 saturated carbocycles. The number of benzene rings is 4. The molecule has 0 saturated heterocycles. The molecule has 3 nitrogen and oxygen atoms in total. The van der Waals surface area contributed by atoms with Gasteiger partial charge in [0.05, 0.1) is 5.56 Å². The van der Waals surface area contributed by atoms with Crippen LogP contribution in [0.5, 0.6) is 0 Å². The number of halogens is 2. The highest BCUT2D eigenvalue weighted by Crippen LogP contribution is 2.37. The second-order valence-corrected chi connectivity index (χ2v) is 8.88. The minimum Gasteiger partial charge on any atom is -0.478 e. The lowest BCUT2D eigenvalue weighted by atomic mass is 9.88. The Bertz CT molecular complexity index is 1330. The lowest BCUT2D eigenvalue weighted by molar-refractivity contribution is -0.00577. The molecular weight excluding hydrogens is 454 g/mol. The number of aryl methyl sites for hydroxylation is 1. The monoisotopic (exact) mass is 478 g/mol. The molecule has 1 atom stereocenters. The molecule has 4 aromatic carbocycles. The second-order valence-electron chi connectivity index (χ2n) is 8.00. The van der Waals surface area contributed by atoms with Crippen LogP contribution in [0.4, 0.5) is 8.78 Å². The van der Waals surface area contributed by atoms with Crippen LogP contribution in [0.15, 0.2) is 77.7 Å². The maximum Gasteiger partial charge on any atom is 0.336 e. The number of aliphatic hydroxyl groups excluding tert-OH is 1. The van der Waals surface area contributed by atoms with Gasteiger partial charge in [0.25, 0.3) is 6.43 Å². The van der Waals surface area contributed by atoms with E-state index in [-0.39, 0.29) is 11.1 Å². The highest BCUT2D eigenvalue weighted by atomic mass is 32.2. The Kier molecular flexibility index (Phi) is 7.00. The number of carboxylic acids is 1. The molecule has 0 spiro atoms. The Morgan fingerprint density at radius 1 is 0.882 bits per heavy atom. The summed E-state index contributed by atoms with van der Waals surface area (Å²) in [4.78, 5) is 13.3. The number of fused-ring (bicyclic) bond motifs is 1. The van der Waals surface area contributed by atoms with E-state index in [1.54, 1.807) is 30.0 Å². The van der Waals surface area contributed by atoms with Crippen LogP contribution in [0, 0.1) is 0 Å². The van der Waals surface area contributed by atoms with E-state index in [4.69, 9.17) is 0 Å². The molecular formula is C28H24F2O3S. The minimum atomic E-state index is -2.88. The van der Waals surface area contributed by atoms with Crippen molar-refractivity contribution in [2.24, 2.45) is 0 Å². The summed E-state index contributed by atoms with van der Waals surface area (Å²) in [5, 5.41) is 21.3. The van der Waals surface area contributed by atoms with Gasteiger partial charge in [-0.2, -0.15) is 0 Å². The van der Waals surface area contributed by atoms with Gasteiger partial charge in [0.2, 0.25) is 0 Å². The number of hydrogen-bond acceptors (Lipinski definition) is 3. The molecule has 0 heterocycles. The van der Waals surface area contributed by atoms with Crippen LogP contribution < -0.4 is 0 Å². The van der Waals surface area contributed by atoms with Crippen molar-refractivity contribution < 1.29 is 23.8 Å². The summed E-state index contributed by atoms with van der Waals surface area (Å²) < 4.78 is 25.7. The first kappa shape index (κ1) is 23.9. The third-order valence-electron chi connectivity index (χ3n) is 6.06. The summed E-state index contributed by atoms with van der Waals surface area (Å²) in [5.74, 6) is -1.01. The third kappa shape index (κ3) is 4.56. The molecule has 0 aliphatic carbocycles. The number of alkyl halides is 2. The van der Waals surface area contributed by atoms with Gasteiger partial charge in [-0.1, -0.05) is 55.5 Å². The molecule has 0 radical (unpaired) electrons. The van der Waals surface area contributed by atoms with Crippen LogP contribution in [0.1, 0.15) is 34.5 Å². The Hall–Kier alpha value is -3.22. The quantitative estimate of drug-likeness (QED) is 0.271. The number of carbonyl (C=O) groups is 1. The molecule has 34 heavy (non-hydrogen) atoms. The van der Waals surface area contributed by atoms with Gasteiger partial charge in [0.1, 0.15) is 6.10 Å². The predicted molar refractivity (Wildman–Crippen MR) is 134 cm³/mol. The lowest BCUT2D eigenvalue weighted by Crippen LogP contribution is -2.07. The molecule has 0 aliphatic heterocycles. The highest BCUT2D eigenvalue weighted by Gasteiger charge is 2.20. The Balaban J connectivity index is 1.91. The van der Waals surface area contributed by atoms with Gasteiger partial charge < -0.3 is 10.2 Å². The van der Waals surface area contributed by atoms with Gasteiger partial charge in [0, 0.05) is 4.90 Å². The molecule has 174 valence electrons. The van der Waals surface area contributed by atoms with Crippen molar-refractivity contribution >= 4 is 28.5 Å². The van der Waals surface area contributed by atoms with Crippen molar-refractivity contribution in [3.63, 3.8) is 0 Å². The molecule has 4 aromatic rings. The number of hydrogen-bond donors (Lipinski definition) is 2. The molecule has 0 aliphatic rings. The molecule has 2 N–H and O–H groups in total. The van der Waals surface area contributed by atoms with E-state index in [2.05, 4.69) is 12.1 Å². The minimum absolute atomic E-state index is 0.114. The number of aromatic carboxylic acids is 1. The fraction of sp³-hybridized carbons (Fsp3) is 0.179. The number of carboxylic acid groups (broad SMARTS) is 1. The van der Waals surface area contributed by atoms with Crippen LogP contribution in [-0.4, -0.2) is 28.9 Å². The van der Waals surface area contributed by atoms with Gasteiger partial charge in [-0.25, -0.2) is 13.6 Å². The molecule has 0 amide bonds. The summed E-state index contributed by atoms with van der Waals surface area (Å²) in [6, 6.07) is 22.1. The summed E-state index contributed by atoms with van der Waals surface area (Å²) in [6.07, 6.45) is -2.17. The SMILES string of the molecule is CCc1c(C(=O)O)cc(-c2ccc([C@@H](O)C(F)F)cc2)c2ccc(-c3ccc(SC)cc3)cc12. The van der Waals surface area contributed by atoms with Crippen LogP contribution in [0.2, 0.25) is 0 Å². The molecule has 0 aromatic heterocycles. The predicted octanol–water partition coefficient (Wildman–Crippen LogP) is 7.45. The van der Waals surface area contributed by atoms with Gasteiger partial charge in [0.15, 0.2) is 0 Å². The Morgan fingerprint density at radius 2 is 1.50 bits per heavy atom. The van der Waals surface area contributed by atoms with Crippen molar-refractivity contribution in [1.29, 1.82) is 0 Å². The van der Waals surface area contributed by atoms with Gasteiger partial charge >= 0.3 is 5.97 Å². The van der Waals surface area contributed by atoms with Crippen LogP contribution in [0.25, 0.3) is 33.0 Å².